The number of fused-ring (bicyclic) bond motifs is 1. The number of hydrogen-bond donors (Lipinski definition) is 1. The van der Waals surface area contributed by atoms with Crippen molar-refractivity contribution in [3.05, 3.63) is 30.3 Å². The van der Waals surface area contributed by atoms with E-state index in [1.807, 2.05) is 30.3 Å². The second-order valence-electron chi connectivity index (χ2n) is 2.40. The Morgan fingerprint density at radius 1 is 1.33 bits per heavy atom. The molecule has 0 aliphatic carbocycles. The van der Waals surface area contributed by atoms with E-state index < -0.39 is 8.03 Å². The molecule has 1 N–H and O–H groups in total. The molecule has 60 valence electrons. The van der Waals surface area contributed by atoms with Gasteiger partial charge in [0.15, 0.2) is 0 Å². The van der Waals surface area contributed by atoms with Gasteiger partial charge in [-0.2, -0.15) is 0 Å². The molecule has 4 heteroatoms. The van der Waals surface area contributed by atoms with Crippen molar-refractivity contribution < 1.29 is 9.46 Å². The van der Waals surface area contributed by atoms with Gasteiger partial charge in [-0.05, 0) is 0 Å². The van der Waals surface area contributed by atoms with Crippen molar-refractivity contribution in [3.8, 4) is 0 Å². The first-order valence-electron chi connectivity index (χ1n) is 3.42. The molecule has 0 amide bonds. The Kier molecular flexibility index (Phi) is 2.12. The molecule has 1 aromatic heterocycles. The normalized spacial score (nSPS) is 11.9. The number of benzene rings is 1. The summed E-state index contributed by atoms with van der Waals surface area (Å²) in [5, 5.41) is 1.10. The third kappa shape index (κ3) is 1.37. The Bertz CT molecular complexity index is 402. The van der Waals surface area contributed by atoms with Gasteiger partial charge in [0.2, 0.25) is 0 Å². The van der Waals surface area contributed by atoms with Gasteiger partial charge in [-0.15, -0.1) is 0 Å². The van der Waals surface area contributed by atoms with E-state index in [-0.39, 0.29) is 14.5 Å². The summed E-state index contributed by atoms with van der Waals surface area (Å²) in [7, 11) is -2.11. The van der Waals surface area contributed by atoms with Crippen LogP contribution in [0, 0.1) is 0 Å². The molecule has 2 aromatic rings. The Labute approximate surface area is 76.5 Å². The van der Waals surface area contributed by atoms with Crippen LogP contribution in [0.4, 0.5) is 0 Å². The molecule has 1 heterocycles. The zero-order valence-electron chi connectivity index (χ0n) is 6.10. The number of rotatable bonds is 1. The molecule has 0 spiro atoms. The molecule has 0 bridgehead atoms. The van der Waals surface area contributed by atoms with Gasteiger partial charge in [-0.1, -0.05) is 0 Å². The van der Waals surface area contributed by atoms with E-state index in [1.54, 1.807) is 0 Å². The summed E-state index contributed by atoms with van der Waals surface area (Å²) in [6, 6.07) is 9.72. The van der Waals surface area contributed by atoms with Crippen LogP contribution in [0.3, 0.4) is 0 Å². The Morgan fingerprint density at radius 2 is 2.08 bits per heavy atom. The Morgan fingerprint density at radius 3 is 2.75 bits per heavy atom. The summed E-state index contributed by atoms with van der Waals surface area (Å²) >= 11 is 0.0683. The molecule has 12 heavy (non-hydrogen) atoms. The van der Waals surface area contributed by atoms with E-state index in [1.165, 1.54) is 4.26 Å². The van der Waals surface area contributed by atoms with E-state index >= 15 is 0 Å². The molecule has 1 aromatic carbocycles. The average molecular weight is 244 g/mol. The van der Waals surface area contributed by atoms with Gasteiger partial charge in [-0.25, -0.2) is 0 Å². The van der Waals surface area contributed by atoms with Crippen LogP contribution < -0.4 is 4.18 Å². The zero-order chi connectivity index (χ0) is 8.55. The first kappa shape index (κ1) is 8.15. The predicted molar refractivity (Wildman–Crippen MR) is 50.3 cm³/mol. The van der Waals surface area contributed by atoms with Crippen molar-refractivity contribution in [1.29, 1.82) is 0 Å². The summed E-state index contributed by atoms with van der Waals surface area (Å²) < 4.78 is 12.7. The van der Waals surface area contributed by atoms with Crippen LogP contribution in [0.25, 0.3) is 9.65 Å². The third-order valence-electron chi connectivity index (χ3n) is 1.60. The van der Waals surface area contributed by atoms with Crippen LogP contribution in [0.15, 0.2) is 30.3 Å². The van der Waals surface area contributed by atoms with E-state index in [9.17, 15) is 4.57 Å². The zero-order valence-corrected chi connectivity index (χ0v) is 8.71. The van der Waals surface area contributed by atoms with Crippen LogP contribution in [0.5, 0.6) is 0 Å². The van der Waals surface area contributed by atoms with Crippen LogP contribution in [-0.4, -0.2) is 19.4 Å². The Hall–Kier alpha value is -0.461. The van der Waals surface area contributed by atoms with E-state index in [4.69, 9.17) is 4.89 Å². The van der Waals surface area contributed by atoms with Crippen LogP contribution >= 0.6 is 8.03 Å². The summed E-state index contributed by atoms with van der Waals surface area (Å²) in [5.74, 6) is 0. The molecular weight excluding hydrogens is 238 g/mol. The van der Waals surface area contributed by atoms with Crippen molar-refractivity contribution in [2.45, 2.75) is 0 Å². The molecule has 2 nitrogen and oxygen atoms in total. The topological polar surface area (TPSA) is 37.3 Å². The van der Waals surface area contributed by atoms with Gasteiger partial charge in [0, 0.05) is 0 Å². The van der Waals surface area contributed by atoms with Crippen molar-refractivity contribution in [2.75, 3.05) is 0 Å². The summed E-state index contributed by atoms with van der Waals surface area (Å²) in [6.07, 6.45) is 0. The quantitative estimate of drug-likeness (QED) is 0.605. The summed E-state index contributed by atoms with van der Waals surface area (Å²) in [6.45, 7) is 0. The Balaban J connectivity index is 2.70. The second kappa shape index (κ2) is 3.12. The first-order valence-corrected chi connectivity index (χ1v) is 6.34. The maximum absolute atomic E-state index is 10.8. The van der Waals surface area contributed by atoms with Gasteiger partial charge in [0.25, 0.3) is 0 Å². The molecule has 0 saturated heterocycles. The van der Waals surface area contributed by atoms with Gasteiger partial charge in [-0.3, -0.25) is 0 Å². The molecule has 0 aliphatic rings. The van der Waals surface area contributed by atoms with Crippen LogP contribution in [0.2, 0.25) is 0 Å². The molecule has 1 atom stereocenters. The number of hydrogen-bond acceptors (Lipinski definition) is 1. The molecule has 0 radical (unpaired) electrons. The van der Waals surface area contributed by atoms with E-state index in [0.29, 0.717) is 4.18 Å². The minimum atomic E-state index is -2.11. The predicted octanol–water partition coefficient (Wildman–Crippen LogP) is 1.26. The molecule has 0 fully saturated rings. The van der Waals surface area contributed by atoms with Gasteiger partial charge in [0.1, 0.15) is 0 Å². The van der Waals surface area contributed by atoms with Crippen molar-refractivity contribution in [1.82, 2.24) is 0 Å². The fourth-order valence-electron chi connectivity index (χ4n) is 1.06. The van der Waals surface area contributed by atoms with Gasteiger partial charge < -0.3 is 0 Å². The molecule has 1 unspecified atom stereocenters. The van der Waals surface area contributed by atoms with E-state index in [2.05, 4.69) is 0 Å². The maximum atomic E-state index is 10.8. The van der Waals surface area contributed by atoms with Crippen LogP contribution in [-0.2, 0) is 4.57 Å². The molecule has 0 aliphatic heterocycles. The fraction of sp³-hybridized carbons (Fsp3) is 0. The fourth-order valence-corrected chi connectivity index (χ4v) is 4.08. The average Bonchev–Trinajstić information content (AvgIpc) is 2.46. The summed E-state index contributed by atoms with van der Waals surface area (Å²) in [5.41, 5.74) is 0. The molecular formula is C8H6O2PSe+. The van der Waals surface area contributed by atoms with Crippen molar-refractivity contribution >= 4 is 36.4 Å². The summed E-state index contributed by atoms with van der Waals surface area (Å²) in [4.78, 5) is 8.88. The van der Waals surface area contributed by atoms with Crippen molar-refractivity contribution in [3.63, 3.8) is 0 Å². The first-order chi connectivity index (χ1) is 5.77. The molecule has 0 saturated carbocycles. The minimum absolute atomic E-state index is 0.0683. The second-order valence-corrected chi connectivity index (χ2v) is 6.38. The molecule has 2 rings (SSSR count). The standard InChI is InChI=1S/C8H5O2PSe/c9-11(10)8-5-6-3-1-2-4-7(6)12-8/h1-5H/p+1. The SMILES string of the molecule is O=[P+](O)c1cc2ccccc2[se]1. The van der Waals surface area contributed by atoms with Crippen LogP contribution in [0.1, 0.15) is 0 Å². The third-order valence-corrected chi connectivity index (χ3v) is 5.49. The van der Waals surface area contributed by atoms with E-state index in [0.717, 1.165) is 5.39 Å². The van der Waals surface area contributed by atoms with Gasteiger partial charge >= 0.3 is 76.1 Å². The van der Waals surface area contributed by atoms with Crippen molar-refractivity contribution in [2.24, 2.45) is 0 Å². The van der Waals surface area contributed by atoms with Gasteiger partial charge in [0.05, 0.1) is 0 Å². The monoisotopic (exact) mass is 245 g/mol.